The average Bonchev–Trinajstić information content (AvgIpc) is 2.34. The van der Waals surface area contributed by atoms with Crippen LogP contribution in [0.3, 0.4) is 0 Å². The summed E-state index contributed by atoms with van der Waals surface area (Å²) in [5.74, 6) is -0.0394. The Labute approximate surface area is 109 Å². The summed E-state index contributed by atoms with van der Waals surface area (Å²) in [4.78, 5) is 11.8. The van der Waals surface area contributed by atoms with Crippen LogP contribution in [0.2, 0.25) is 0 Å². The Balaban J connectivity index is 2.75. The Morgan fingerprint density at radius 3 is 2.61 bits per heavy atom. The maximum atomic E-state index is 12.5. The van der Waals surface area contributed by atoms with Gasteiger partial charge in [0.05, 0.1) is 11.3 Å². The van der Waals surface area contributed by atoms with E-state index in [4.69, 9.17) is 0 Å². The molecule has 18 heavy (non-hydrogen) atoms. The van der Waals surface area contributed by atoms with Gasteiger partial charge in [-0.2, -0.15) is 24.9 Å². The van der Waals surface area contributed by atoms with Gasteiger partial charge in [0.15, 0.2) is 5.78 Å². The van der Waals surface area contributed by atoms with Gasteiger partial charge in [-0.1, -0.05) is 26.0 Å². The van der Waals surface area contributed by atoms with E-state index in [-0.39, 0.29) is 17.1 Å². The smallest absolute Gasteiger partial charge is 0.293 e. The molecule has 0 spiro atoms. The van der Waals surface area contributed by atoms with Crippen molar-refractivity contribution in [2.45, 2.75) is 31.7 Å². The van der Waals surface area contributed by atoms with Gasteiger partial charge in [-0.15, -0.1) is 0 Å². The van der Waals surface area contributed by atoms with E-state index in [1.54, 1.807) is 0 Å². The molecule has 0 aliphatic carbocycles. The van der Waals surface area contributed by atoms with Crippen molar-refractivity contribution < 1.29 is 18.0 Å². The molecule has 0 fully saturated rings. The molecule has 0 radical (unpaired) electrons. The minimum absolute atomic E-state index is 0.126. The summed E-state index contributed by atoms with van der Waals surface area (Å²) < 4.78 is 37.5. The molecule has 0 aliphatic rings. The van der Waals surface area contributed by atoms with Gasteiger partial charge in [0.25, 0.3) is 0 Å². The third-order valence-electron chi connectivity index (χ3n) is 2.59. The number of thioether (sulfide) groups is 1. The number of hydrogen-bond acceptors (Lipinski definition) is 2. The molecular weight excluding hydrogens is 261 g/mol. The molecule has 1 atom stereocenters. The number of alkyl halides is 3. The first kappa shape index (κ1) is 15.1. The predicted molar refractivity (Wildman–Crippen MR) is 68.0 cm³/mol. The average molecular weight is 276 g/mol. The van der Waals surface area contributed by atoms with E-state index < -0.39 is 11.7 Å². The number of carbonyl (C=O) groups is 1. The van der Waals surface area contributed by atoms with Crippen LogP contribution < -0.4 is 0 Å². The van der Waals surface area contributed by atoms with Crippen LogP contribution >= 0.6 is 11.8 Å². The SMILES string of the molecule is CC[C@H](C)SCC(=O)c1cccc(C(F)(F)F)c1. The summed E-state index contributed by atoms with van der Waals surface area (Å²) in [6, 6.07) is 4.58. The normalized spacial score (nSPS) is 13.4. The molecule has 1 nitrogen and oxygen atoms in total. The molecule has 0 unspecified atom stereocenters. The molecule has 0 saturated heterocycles. The zero-order valence-electron chi connectivity index (χ0n) is 10.3. The second-order valence-corrected chi connectivity index (χ2v) is 5.46. The van der Waals surface area contributed by atoms with Crippen LogP contribution in [0, 0.1) is 0 Å². The van der Waals surface area contributed by atoms with E-state index in [0.717, 1.165) is 18.6 Å². The van der Waals surface area contributed by atoms with E-state index in [2.05, 4.69) is 0 Å². The number of halogens is 3. The van der Waals surface area contributed by atoms with Crippen LogP contribution in [0.4, 0.5) is 13.2 Å². The van der Waals surface area contributed by atoms with Crippen molar-refractivity contribution in [3.05, 3.63) is 35.4 Å². The van der Waals surface area contributed by atoms with Gasteiger partial charge in [0.2, 0.25) is 0 Å². The number of carbonyl (C=O) groups excluding carboxylic acids is 1. The van der Waals surface area contributed by atoms with Crippen LogP contribution in [0.15, 0.2) is 24.3 Å². The Morgan fingerprint density at radius 1 is 1.39 bits per heavy atom. The molecule has 0 heterocycles. The van der Waals surface area contributed by atoms with Crippen molar-refractivity contribution in [2.75, 3.05) is 5.75 Å². The number of benzene rings is 1. The molecule has 1 aromatic rings. The fourth-order valence-electron chi connectivity index (χ4n) is 1.29. The standard InChI is InChI=1S/C13H15F3OS/c1-3-9(2)18-8-12(17)10-5-4-6-11(7-10)13(14,15)16/h4-7,9H,3,8H2,1-2H3/t9-/m0/s1. The Hall–Kier alpha value is -0.970. The highest BCUT2D eigenvalue weighted by molar-refractivity contribution is 8.00. The lowest BCUT2D eigenvalue weighted by molar-refractivity contribution is -0.137. The monoisotopic (exact) mass is 276 g/mol. The second kappa shape index (κ2) is 6.27. The van der Waals surface area contributed by atoms with Gasteiger partial charge in [0.1, 0.15) is 0 Å². The second-order valence-electron chi connectivity index (χ2n) is 4.03. The van der Waals surface area contributed by atoms with Gasteiger partial charge in [0, 0.05) is 10.8 Å². The van der Waals surface area contributed by atoms with E-state index in [0.29, 0.717) is 5.25 Å². The highest BCUT2D eigenvalue weighted by Crippen LogP contribution is 2.29. The molecule has 0 aromatic heterocycles. The fourth-order valence-corrected chi connectivity index (χ4v) is 2.13. The Bertz CT molecular complexity index is 415. The summed E-state index contributed by atoms with van der Waals surface area (Å²) in [7, 11) is 0. The molecule has 0 bridgehead atoms. The molecule has 0 amide bonds. The molecule has 1 aromatic carbocycles. The highest BCUT2D eigenvalue weighted by Gasteiger charge is 2.30. The maximum absolute atomic E-state index is 12.5. The lowest BCUT2D eigenvalue weighted by Crippen LogP contribution is -2.09. The predicted octanol–water partition coefficient (Wildman–Crippen LogP) is 4.42. The minimum atomic E-state index is -4.40. The number of ketones is 1. The van der Waals surface area contributed by atoms with Crippen molar-refractivity contribution >= 4 is 17.5 Å². The van der Waals surface area contributed by atoms with E-state index in [9.17, 15) is 18.0 Å². The third-order valence-corrected chi connectivity index (χ3v) is 3.92. The van der Waals surface area contributed by atoms with Gasteiger partial charge in [-0.3, -0.25) is 4.79 Å². The Morgan fingerprint density at radius 2 is 2.06 bits per heavy atom. The van der Waals surface area contributed by atoms with Gasteiger partial charge >= 0.3 is 6.18 Å². The molecule has 100 valence electrons. The number of Topliss-reactive ketones (excluding diaryl/α,β-unsaturated/α-hetero) is 1. The zero-order chi connectivity index (χ0) is 13.8. The van der Waals surface area contributed by atoms with Crippen LogP contribution in [-0.2, 0) is 6.18 Å². The van der Waals surface area contributed by atoms with Gasteiger partial charge in [-0.25, -0.2) is 0 Å². The van der Waals surface area contributed by atoms with E-state index in [1.165, 1.54) is 23.9 Å². The lowest BCUT2D eigenvalue weighted by Gasteiger charge is -2.09. The van der Waals surface area contributed by atoms with E-state index >= 15 is 0 Å². The molecule has 5 heteroatoms. The van der Waals surface area contributed by atoms with Crippen LogP contribution in [0.5, 0.6) is 0 Å². The van der Waals surface area contributed by atoms with Crippen molar-refractivity contribution in [1.29, 1.82) is 0 Å². The van der Waals surface area contributed by atoms with Crippen molar-refractivity contribution in [2.24, 2.45) is 0 Å². The molecule has 0 N–H and O–H groups in total. The van der Waals surface area contributed by atoms with Crippen molar-refractivity contribution in [3.63, 3.8) is 0 Å². The molecule has 1 rings (SSSR count). The fraction of sp³-hybridized carbons (Fsp3) is 0.462. The number of hydrogen-bond donors (Lipinski definition) is 0. The largest absolute Gasteiger partial charge is 0.416 e. The third kappa shape index (κ3) is 4.37. The van der Waals surface area contributed by atoms with Gasteiger partial charge < -0.3 is 0 Å². The first-order valence-corrected chi connectivity index (χ1v) is 6.71. The lowest BCUT2D eigenvalue weighted by atomic mass is 10.1. The van der Waals surface area contributed by atoms with Crippen LogP contribution in [-0.4, -0.2) is 16.8 Å². The van der Waals surface area contributed by atoms with Crippen molar-refractivity contribution in [1.82, 2.24) is 0 Å². The summed E-state index contributed by atoms with van der Waals surface area (Å²) in [6.45, 7) is 4.00. The van der Waals surface area contributed by atoms with Crippen molar-refractivity contribution in [3.8, 4) is 0 Å². The molecular formula is C13H15F3OS. The maximum Gasteiger partial charge on any atom is 0.416 e. The minimum Gasteiger partial charge on any atom is -0.293 e. The summed E-state index contributed by atoms with van der Waals surface area (Å²) >= 11 is 1.46. The zero-order valence-corrected chi connectivity index (χ0v) is 11.1. The van der Waals surface area contributed by atoms with E-state index in [1.807, 2.05) is 13.8 Å². The first-order chi connectivity index (χ1) is 8.34. The van der Waals surface area contributed by atoms with Crippen LogP contribution in [0.25, 0.3) is 0 Å². The topological polar surface area (TPSA) is 17.1 Å². The quantitative estimate of drug-likeness (QED) is 0.740. The first-order valence-electron chi connectivity index (χ1n) is 5.66. The highest BCUT2D eigenvalue weighted by atomic mass is 32.2. The summed E-state index contributed by atoms with van der Waals surface area (Å²) in [5, 5.41) is 0.333. The van der Waals surface area contributed by atoms with Gasteiger partial charge in [-0.05, 0) is 18.6 Å². The van der Waals surface area contributed by atoms with Crippen LogP contribution in [0.1, 0.15) is 36.2 Å². The molecule has 0 saturated carbocycles. The summed E-state index contributed by atoms with van der Waals surface area (Å²) in [6.07, 6.45) is -3.47. The summed E-state index contributed by atoms with van der Waals surface area (Å²) in [5.41, 5.74) is -0.650. The number of rotatable bonds is 5. The molecule has 0 aliphatic heterocycles. The Kier molecular flexibility index (Phi) is 5.26.